The van der Waals surface area contributed by atoms with Crippen molar-refractivity contribution in [1.82, 2.24) is 0 Å². The predicted molar refractivity (Wildman–Crippen MR) is 468 cm³/mol. The molecule has 0 radical (unpaired) electrons. The van der Waals surface area contributed by atoms with E-state index in [4.69, 9.17) is 6.58 Å². The van der Waals surface area contributed by atoms with Crippen LogP contribution < -0.4 is 61.9 Å². The number of fused-ring (bicyclic) bond motifs is 2. The van der Waals surface area contributed by atoms with Crippen LogP contribution in [0.3, 0.4) is 0 Å². The topological polar surface area (TPSA) is 9.72 Å². The van der Waals surface area contributed by atoms with Gasteiger partial charge in [0.15, 0.2) is 16.1 Å². The summed E-state index contributed by atoms with van der Waals surface area (Å²) in [6, 6.07) is 162. The summed E-state index contributed by atoms with van der Waals surface area (Å²) in [5.74, 6) is -0.0892. The van der Waals surface area contributed by atoms with Crippen molar-refractivity contribution < 1.29 is 0 Å². The molecule has 1 aliphatic rings. The number of anilines is 8. The predicted octanol–water partition coefficient (Wildman–Crippen LogP) is 20.8. The second-order valence-corrected chi connectivity index (χ2v) is 36.4. The first-order chi connectivity index (χ1) is 53.4. The zero-order valence-electron chi connectivity index (χ0n) is 60.9. The fourth-order valence-electron chi connectivity index (χ4n) is 17.8. The number of para-hydroxylation sites is 4. The van der Waals surface area contributed by atoms with E-state index in [9.17, 15) is 0 Å². The molecule has 2 atom stereocenters. The minimum Gasteiger partial charge on any atom is -0.317 e. The summed E-state index contributed by atoms with van der Waals surface area (Å²) in [7, 11) is -6.46. The Morgan fingerprint density at radius 3 is 1.02 bits per heavy atom. The van der Waals surface area contributed by atoms with Crippen LogP contribution in [0.2, 0.25) is 11.4 Å². The Labute approximate surface area is 639 Å². The first-order valence-corrected chi connectivity index (χ1v) is 41.8. The molecule has 0 aromatic heterocycles. The van der Waals surface area contributed by atoms with Crippen LogP contribution >= 0.6 is 0 Å². The van der Waals surface area contributed by atoms with Gasteiger partial charge in [-0.25, -0.2) is 0 Å². The molecular formula is C102H82BN3Si2. The van der Waals surface area contributed by atoms with Crippen LogP contribution in [0.15, 0.2) is 443 Å². The lowest BCUT2D eigenvalue weighted by molar-refractivity contribution is 0.839. The van der Waals surface area contributed by atoms with Crippen LogP contribution in [-0.2, 0) is 0 Å². The Morgan fingerprint density at radius 1 is 0.315 bits per heavy atom. The highest BCUT2D eigenvalue weighted by Crippen LogP contribution is 2.54. The van der Waals surface area contributed by atoms with E-state index < -0.39 is 16.1 Å². The molecular weight excluding hydrogens is 1330 g/mol. The molecule has 0 amide bonds. The maximum absolute atomic E-state index is 5.05. The van der Waals surface area contributed by atoms with E-state index in [0.717, 1.165) is 90.0 Å². The normalized spacial score (nSPS) is 12.5. The number of hydrogen-bond donors (Lipinski definition) is 0. The van der Waals surface area contributed by atoms with Crippen molar-refractivity contribution in [3.63, 3.8) is 0 Å². The molecule has 16 aromatic rings. The SMILES string of the molecule is C=CN(c1cc(N(c2ccccc2)c2ccccc2)cc2c1B(C(C)[C@@H](C)[Si](c1ccccc1)(c1ccccc1)c1ccccc1)c1ccc([Si](c3ccccc3)(c3ccccc3)c3ccccc3)cc1N2c1c(-c2ccccc2)cccc1-c1ccccc1)c1c(-c2ccccc2)cccc1-c1ccccc1. The number of rotatable bonds is 21. The molecule has 0 N–H and O–H groups in total. The largest absolute Gasteiger partial charge is 0.317 e. The molecule has 1 unspecified atom stereocenters. The molecule has 1 aliphatic heterocycles. The average Bonchev–Trinajstić information content (AvgIpc) is 0.698. The van der Waals surface area contributed by atoms with Crippen molar-refractivity contribution in [3.05, 3.63) is 443 Å². The van der Waals surface area contributed by atoms with Crippen LogP contribution in [0.1, 0.15) is 13.8 Å². The van der Waals surface area contributed by atoms with E-state index >= 15 is 0 Å². The van der Waals surface area contributed by atoms with E-state index in [1.807, 2.05) is 0 Å². The molecule has 108 heavy (non-hydrogen) atoms. The lowest BCUT2D eigenvalue weighted by Crippen LogP contribution is -2.75. The molecule has 516 valence electrons. The van der Waals surface area contributed by atoms with Gasteiger partial charge >= 0.3 is 0 Å². The fraction of sp³-hybridized carbons (Fsp3) is 0.0392. The van der Waals surface area contributed by atoms with Gasteiger partial charge in [-0.2, -0.15) is 0 Å². The van der Waals surface area contributed by atoms with Gasteiger partial charge in [-0.1, -0.05) is 420 Å². The third kappa shape index (κ3) is 12.2. The summed E-state index contributed by atoms with van der Waals surface area (Å²) in [5, 5.41) is 9.32. The number of benzene rings is 16. The summed E-state index contributed by atoms with van der Waals surface area (Å²) in [6.45, 7) is 9.97. The van der Waals surface area contributed by atoms with Gasteiger partial charge in [0.25, 0.3) is 0 Å². The van der Waals surface area contributed by atoms with Crippen molar-refractivity contribution >= 4 is 116 Å². The van der Waals surface area contributed by atoms with E-state index in [-0.39, 0.29) is 18.1 Å². The van der Waals surface area contributed by atoms with Crippen molar-refractivity contribution in [1.29, 1.82) is 0 Å². The smallest absolute Gasteiger partial charge is 0.220 e. The van der Waals surface area contributed by atoms with E-state index in [1.165, 1.54) is 47.2 Å². The third-order valence-electron chi connectivity index (χ3n) is 22.6. The summed E-state index contributed by atoms with van der Waals surface area (Å²) in [5.41, 5.74) is 19.6. The standard InChI is InChI=1S/C102H82BN3Si2/c1-4-104(101-92(78-43-17-5-18-44-78)67-41-68-93(101)79-45-19-6-20-46-79)98-73-84(105(82-51-25-9-26-52-82)83-53-27-10-28-54-83)74-99-100(98)103(76(2)77(3)107(85-55-29-11-30-56-85,86-57-31-12-32-58-86)87-59-33-13-34-60-87)96-72-71-91(108(88-61-35-14-36-62-88,89-63-37-15-38-64-89)90-65-39-16-40-66-90)75-97(96)106(99)102-94(80-47-21-7-22-48-80)69-42-70-95(102)81-49-23-8-24-50-81/h4-77H,1H2,2-3H3/t76?,77-/m1/s1. The van der Waals surface area contributed by atoms with E-state index in [2.05, 4.69) is 465 Å². The molecule has 17 rings (SSSR count). The van der Waals surface area contributed by atoms with Crippen molar-refractivity contribution in [2.45, 2.75) is 25.2 Å². The minimum atomic E-state index is -3.29. The zero-order valence-corrected chi connectivity index (χ0v) is 62.9. The zero-order chi connectivity index (χ0) is 72.8. The maximum Gasteiger partial charge on any atom is 0.220 e. The number of nitrogens with zero attached hydrogens (tertiary/aromatic N) is 3. The van der Waals surface area contributed by atoms with Gasteiger partial charge in [-0.3, -0.25) is 0 Å². The van der Waals surface area contributed by atoms with Crippen LogP contribution in [0, 0.1) is 0 Å². The monoisotopic (exact) mass is 1420 g/mol. The first-order valence-electron chi connectivity index (χ1n) is 37.7. The quantitative estimate of drug-likeness (QED) is 0.0524. The molecule has 6 heteroatoms. The highest BCUT2D eigenvalue weighted by Gasteiger charge is 2.53. The minimum absolute atomic E-state index is 0.0239. The molecule has 0 aliphatic carbocycles. The van der Waals surface area contributed by atoms with Gasteiger partial charge in [0, 0.05) is 56.9 Å². The van der Waals surface area contributed by atoms with Crippen LogP contribution in [0.5, 0.6) is 0 Å². The lowest BCUT2D eigenvalue weighted by atomic mass is 9.31. The highest BCUT2D eigenvalue weighted by molar-refractivity contribution is 7.20. The van der Waals surface area contributed by atoms with Gasteiger partial charge in [-0.05, 0) is 112 Å². The van der Waals surface area contributed by atoms with Crippen LogP contribution in [-0.4, -0.2) is 22.9 Å². The van der Waals surface area contributed by atoms with Crippen molar-refractivity contribution in [2.24, 2.45) is 0 Å². The maximum atomic E-state index is 5.05. The molecule has 0 saturated heterocycles. The Bertz CT molecular complexity index is 5390. The summed E-state index contributed by atoms with van der Waals surface area (Å²) >= 11 is 0. The van der Waals surface area contributed by atoms with Gasteiger partial charge < -0.3 is 14.7 Å². The first kappa shape index (κ1) is 68.3. The Kier molecular flexibility index (Phi) is 19.2. The summed E-state index contributed by atoms with van der Waals surface area (Å²) in [4.78, 5) is 7.69. The van der Waals surface area contributed by atoms with Gasteiger partial charge in [0.05, 0.1) is 17.1 Å². The van der Waals surface area contributed by atoms with Crippen molar-refractivity contribution in [2.75, 3.05) is 14.7 Å². The second-order valence-electron chi connectivity index (χ2n) is 28.3. The lowest BCUT2D eigenvalue weighted by Gasteiger charge is -2.48. The molecule has 0 bridgehead atoms. The summed E-state index contributed by atoms with van der Waals surface area (Å²) < 4.78 is 0. The van der Waals surface area contributed by atoms with E-state index in [1.54, 1.807) is 0 Å². The van der Waals surface area contributed by atoms with Gasteiger partial charge in [0.1, 0.15) is 0 Å². The average molecular weight is 1420 g/mol. The Hall–Kier alpha value is -12.8. The van der Waals surface area contributed by atoms with E-state index in [0.29, 0.717) is 0 Å². The third-order valence-corrected chi connectivity index (χ3v) is 33.0. The van der Waals surface area contributed by atoms with Crippen LogP contribution in [0.4, 0.5) is 45.5 Å². The highest BCUT2D eigenvalue weighted by atomic mass is 28.3. The summed E-state index contributed by atoms with van der Waals surface area (Å²) in [6.07, 6.45) is 2.11. The Balaban J connectivity index is 1.10. The molecule has 0 spiro atoms. The molecule has 16 aromatic carbocycles. The van der Waals surface area contributed by atoms with Crippen LogP contribution in [0.25, 0.3) is 44.5 Å². The molecule has 1 heterocycles. The second kappa shape index (κ2) is 30.3. The molecule has 0 fully saturated rings. The molecule has 3 nitrogen and oxygen atoms in total. The van der Waals surface area contributed by atoms with Crippen molar-refractivity contribution in [3.8, 4) is 44.5 Å². The number of hydrogen-bond acceptors (Lipinski definition) is 3. The molecule has 0 saturated carbocycles. The van der Waals surface area contributed by atoms with Gasteiger partial charge in [-0.15, -0.1) is 0 Å². The van der Waals surface area contributed by atoms with Gasteiger partial charge in [0.2, 0.25) is 6.71 Å². The fourth-order valence-corrected chi connectivity index (χ4v) is 28.3. The Morgan fingerprint density at radius 2 is 0.648 bits per heavy atom.